The Kier molecular flexibility index (Phi) is 2.60. The molecule has 1 heterocycles. The molecule has 0 aromatic carbocycles. The van der Waals surface area contributed by atoms with Gasteiger partial charge in [0.2, 0.25) is 0 Å². The number of thiazole rings is 1. The topological polar surface area (TPSA) is 12.9 Å². The van der Waals surface area contributed by atoms with Crippen molar-refractivity contribution in [2.24, 2.45) is 0 Å². The minimum atomic E-state index is 1.10. The van der Waals surface area contributed by atoms with Gasteiger partial charge in [0.15, 0.2) is 0 Å². The zero-order valence-electron chi connectivity index (χ0n) is 6.79. The number of allylic oxidation sites excluding steroid dienone is 2. The number of rotatable bonds is 2. The first kappa shape index (κ1) is 8.21. The molecule has 2 heteroatoms. The number of aryl methyl sites for hydroxylation is 2. The van der Waals surface area contributed by atoms with Crippen molar-refractivity contribution in [3.05, 3.63) is 34.3 Å². The lowest BCUT2D eigenvalue weighted by molar-refractivity contribution is 1.20. The quantitative estimate of drug-likeness (QED) is 0.614. The van der Waals surface area contributed by atoms with Gasteiger partial charge in [-0.25, -0.2) is 4.98 Å². The molecular formula is C9H11NS. The van der Waals surface area contributed by atoms with Gasteiger partial charge in [0.25, 0.3) is 0 Å². The summed E-state index contributed by atoms with van der Waals surface area (Å²) in [7, 11) is 0. The van der Waals surface area contributed by atoms with Crippen LogP contribution in [-0.4, -0.2) is 4.98 Å². The molecule has 11 heavy (non-hydrogen) atoms. The van der Waals surface area contributed by atoms with E-state index in [-0.39, 0.29) is 0 Å². The fourth-order valence-electron chi connectivity index (χ4n) is 0.857. The molecule has 0 unspecified atom stereocenters. The van der Waals surface area contributed by atoms with Crippen molar-refractivity contribution >= 4 is 17.4 Å². The molecule has 0 bridgehead atoms. The van der Waals surface area contributed by atoms with Crippen LogP contribution in [0.25, 0.3) is 6.08 Å². The van der Waals surface area contributed by atoms with Crippen molar-refractivity contribution in [3.63, 3.8) is 0 Å². The van der Waals surface area contributed by atoms with E-state index >= 15 is 0 Å². The molecule has 0 saturated carbocycles. The largest absolute Gasteiger partial charge is 0.246 e. The molecule has 0 aliphatic carbocycles. The Morgan fingerprint density at radius 2 is 2.18 bits per heavy atom. The molecule has 58 valence electrons. The lowest BCUT2D eigenvalue weighted by Gasteiger charge is -1.83. The first-order chi connectivity index (χ1) is 5.24. The number of hydrogen-bond donors (Lipinski definition) is 0. The molecule has 0 atom stereocenters. The third kappa shape index (κ3) is 2.02. The fraction of sp³-hybridized carbons (Fsp3) is 0.222. The summed E-state index contributed by atoms with van der Waals surface area (Å²) in [4.78, 5) is 5.52. The first-order valence-electron chi connectivity index (χ1n) is 3.47. The maximum absolute atomic E-state index is 4.30. The van der Waals surface area contributed by atoms with Crippen molar-refractivity contribution in [2.75, 3.05) is 0 Å². The summed E-state index contributed by atoms with van der Waals surface area (Å²) in [5.74, 6) is 0. The molecule has 0 N–H and O–H groups in total. The summed E-state index contributed by atoms with van der Waals surface area (Å²) < 4.78 is 0. The van der Waals surface area contributed by atoms with Crippen molar-refractivity contribution in [1.29, 1.82) is 0 Å². The molecule has 1 nitrogen and oxygen atoms in total. The van der Waals surface area contributed by atoms with Gasteiger partial charge < -0.3 is 0 Å². The van der Waals surface area contributed by atoms with Crippen LogP contribution in [0.4, 0.5) is 0 Å². The third-order valence-corrected chi connectivity index (χ3v) is 2.36. The van der Waals surface area contributed by atoms with Crippen LogP contribution in [0, 0.1) is 13.8 Å². The lowest BCUT2D eigenvalue weighted by atomic mass is 10.3. The minimum absolute atomic E-state index is 1.10. The average Bonchev–Trinajstić information content (AvgIpc) is 2.26. The molecule has 1 aromatic rings. The smallest absolute Gasteiger partial charge is 0.0903 e. The van der Waals surface area contributed by atoms with E-state index in [1.54, 1.807) is 17.4 Å². The van der Waals surface area contributed by atoms with E-state index < -0.39 is 0 Å². The molecule has 0 spiro atoms. The summed E-state index contributed by atoms with van der Waals surface area (Å²) in [5, 5.41) is 1.12. The van der Waals surface area contributed by atoms with Crippen LogP contribution in [0.3, 0.4) is 0 Å². The summed E-state index contributed by atoms with van der Waals surface area (Å²) in [6.07, 6.45) is 5.74. The van der Waals surface area contributed by atoms with E-state index in [1.165, 1.54) is 4.88 Å². The van der Waals surface area contributed by atoms with E-state index in [0.717, 1.165) is 10.7 Å². The van der Waals surface area contributed by atoms with Crippen LogP contribution in [0.5, 0.6) is 0 Å². The molecule has 0 aliphatic rings. The number of nitrogens with zero attached hydrogens (tertiary/aromatic N) is 1. The Labute approximate surface area is 71.1 Å². The van der Waals surface area contributed by atoms with Gasteiger partial charge in [-0.3, -0.25) is 0 Å². The first-order valence-corrected chi connectivity index (χ1v) is 4.29. The lowest BCUT2D eigenvalue weighted by Crippen LogP contribution is -1.72. The van der Waals surface area contributed by atoms with Gasteiger partial charge in [-0.1, -0.05) is 18.7 Å². The minimum Gasteiger partial charge on any atom is -0.246 e. The maximum Gasteiger partial charge on any atom is 0.0903 e. The van der Waals surface area contributed by atoms with E-state index in [1.807, 2.05) is 26.0 Å². The maximum atomic E-state index is 4.30. The second-order valence-corrected chi connectivity index (χ2v) is 3.51. The molecule has 0 amide bonds. The Hall–Kier alpha value is -0.890. The highest BCUT2D eigenvalue weighted by Gasteiger charge is 1.98. The third-order valence-electron chi connectivity index (χ3n) is 1.32. The molecular weight excluding hydrogens is 154 g/mol. The van der Waals surface area contributed by atoms with Crippen LogP contribution in [-0.2, 0) is 0 Å². The molecule has 0 radical (unpaired) electrons. The highest BCUT2D eigenvalue weighted by Crippen LogP contribution is 2.18. The predicted molar refractivity (Wildman–Crippen MR) is 50.8 cm³/mol. The second-order valence-electron chi connectivity index (χ2n) is 2.28. The normalized spacial score (nSPS) is 10.7. The monoisotopic (exact) mass is 165 g/mol. The van der Waals surface area contributed by atoms with Gasteiger partial charge >= 0.3 is 0 Å². The van der Waals surface area contributed by atoms with Gasteiger partial charge in [-0.15, -0.1) is 11.3 Å². The van der Waals surface area contributed by atoms with Gasteiger partial charge in [-0.2, -0.15) is 0 Å². The fourth-order valence-corrected chi connectivity index (χ4v) is 1.70. The van der Waals surface area contributed by atoms with Crippen LogP contribution in [0.1, 0.15) is 15.6 Å². The van der Waals surface area contributed by atoms with Gasteiger partial charge in [0.05, 0.1) is 15.6 Å². The standard InChI is InChI=1S/C9H11NS/c1-4-5-6-9-7(2)10-8(3)11-9/h4-6H,1H2,2-3H3/b6-5-. The van der Waals surface area contributed by atoms with Crippen LogP contribution >= 0.6 is 11.3 Å². The van der Waals surface area contributed by atoms with Crippen molar-refractivity contribution in [1.82, 2.24) is 4.98 Å². The molecule has 1 aromatic heterocycles. The van der Waals surface area contributed by atoms with Crippen LogP contribution in [0.2, 0.25) is 0 Å². The Morgan fingerprint density at radius 1 is 1.45 bits per heavy atom. The Balaban J connectivity index is 2.93. The second kappa shape index (κ2) is 3.49. The highest BCUT2D eigenvalue weighted by molar-refractivity contribution is 7.12. The van der Waals surface area contributed by atoms with Crippen LogP contribution in [0.15, 0.2) is 18.7 Å². The van der Waals surface area contributed by atoms with Crippen molar-refractivity contribution < 1.29 is 0 Å². The van der Waals surface area contributed by atoms with Crippen molar-refractivity contribution in [2.45, 2.75) is 13.8 Å². The van der Waals surface area contributed by atoms with Gasteiger partial charge in [0.1, 0.15) is 0 Å². The van der Waals surface area contributed by atoms with E-state index in [0.29, 0.717) is 0 Å². The van der Waals surface area contributed by atoms with Gasteiger partial charge in [0, 0.05) is 0 Å². The summed E-state index contributed by atoms with van der Waals surface area (Å²) in [6, 6.07) is 0. The molecule has 0 saturated heterocycles. The molecule has 0 aliphatic heterocycles. The van der Waals surface area contributed by atoms with Gasteiger partial charge in [-0.05, 0) is 19.9 Å². The number of aromatic nitrogens is 1. The average molecular weight is 165 g/mol. The van der Waals surface area contributed by atoms with Crippen LogP contribution < -0.4 is 0 Å². The Bertz CT molecular complexity index is 284. The summed E-state index contributed by atoms with van der Waals surface area (Å²) in [6.45, 7) is 7.65. The van der Waals surface area contributed by atoms with Crippen molar-refractivity contribution in [3.8, 4) is 0 Å². The predicted octanol–water partition coefficient (Wildman–Crippen LogP) is 2.96. The molecule has 1 rings (SSSR count). The summed E-state index contributed by atoms with van der Waals surface area (Å²) in [5.41, 5.74) is 1.10. The van der Waals surface area contributed by atoms with E-state index in [4.69, 9.17) is 0 Å². The molecule has 0 fully saturated rings. The highest BCUT2D eigenvalue weighted by atomic mass is 32.1. The SMILES string of the molecule is C=C/C=C\c1sc(C)nc1C. The zero-order chi connectivity index (χ0) is 8.27. The van der Waals surface area contributed by atoms with E-state index in [9.17, 15) is 0 Å². The number of hydrogen-bond acceptors (Lipinski definition) is 2. The Morgan fingerprint density at radius 3 is 2.64 bits per heavy atom. The van der Waals surface area contributed by atoms with E-state index in [2.05, 4.69) is 11.6 Å². The zero-order valence-corrected chi connectivity index (χ0v) is 7.61. The summed E-state index contributed by atoms with van der Waals surface area (Å²) >= 11 is 1.71.